The van der Waals surface area contributed by atoms with E-state index in [0.29, 0.717) is 10.5 Å². The van der Waals surface area contributed by atoms with Crippen LogP contribution in [-0.2, 0) is 0 Å². The van der Waals surface area contributed by atoms with Gasteiger partial charge >= 0.3 is 0 Å². The molecule has 108 valence electrons. The zero-order valence-electron chi connectivity index (χ0n) is 11.9. The summed E-state index contributed by atoms with van der Waals surface area (Å²) in [6, 6.07) is 8.29. The molecule has 1 aromatic carbocycles. The average molecular weight is 307 g/mol. The molecule has 20 heavy (non-hydrogen) atoms. The molecule has 2 aliphatic rings. The first kappa shape index (κ1) is 14.3. The largest absolute Gasteiger partial charge is 0.338 e. The quantitative estimate of drug-likeness (QED) is 0.822. The minimum Gasteiger partial charge on any atom is -0.338 e. The van der Waals surface area contributed by atoms with Gasteiger partial charge in [-0.1, -0.05) is 19.1 Å². The Morgan fingerprint density at radius 1 is 1.20 bits per heavy atom. The minimum absolute atomic E-state index is 0.204. The fraction of sp³-hybridized carbons (Fsp3) is 0.562. The van der Waals surface area contributed by atoms with Gasteiger partial charge in [-0.05, 0) is 36.5 Å². The molecule has 4 heteroatoms. The molecule has 1 atom stereocenters. The number of benzene rings is 1. The van der Waals surface area contributed by atoms with E-state index in [1.165, 1.54) is 23.5 Å². The fourth-order valence-corrected chi connectivity index (χ4v) is 5.75. The molecule has 2 heterocycles. The molecule has 2 nitrogen and oxygen atoms in total. The Hall–Kier alpha value is -0.610. The van der Waals surface area contributed by atoms with Crippen LogP contribution in [-0.4, -0.2) is 35.4 Å². The van der Waals surface area contributed by atoms with Crippen LogP contribution in [0.3, 0.4) is 0 Å². The number of nitrogens with zero attached hydrogens (tertiary/aromatic N) is 1. The maximum absolute atomic E-state index is 12.5. The van der Waals surface area contributed by atoms with E-state index < -0.39 is 0 Å². The van der Waals surface area contributed by atoms with Gasteiger partial charge in [0, 0.05) is 30.2 Å². The van der Waals surface area contributed by atoms with Crippen LogP contribution in [0.4, 0.5) is 0 Å². The van der Waals surface area contributed by atoms with Crippen molar-refractivity contribution >= 4 is 29.4 Å². The number of likely N-dealkylation sites (tertiary alicyclic amines) is 1. The van der Waals surface area contributed by atoms with Crippen molar-refractivity contribution in [2.24, 2.45) is 5.92 Å². The monoisotopic (exact) mass is 307 g/mol. The molecule has 0 saturated carbocycles. The zero-order chi connectivity index (χ0) is 13.9. The lowest BCUT2D eigenvalue weighted by Crippen LogP contribution is -2.39. The summed E-state index contributed by atoms with van der Waals surface area (Å²) in [5.74, 6) is 3.32. The summed E-state index contributed by atoms with van der Waals surface area (Å²) in [6.45, 7) is 4.06. The molecular weight excluding hydrogens is 286 g/mol. The van der Waals surface area contributed by atoms with Crippen molar-refractivity contribution in [2.75, 3.05) is 24.6 Å². The molecular formula is C16H21NOS2. The summed E-state index contributed by atoms with van der Waals surface area (Å²) < 4.78 is 0.564. The van der Waals surface area contributed by atoms with Gasteiger partial charge in [-0.3, -0.25) is 4.79 Å². The molecule has 3 rings (SSSR count). The highest BCUT2D eigenvalue weighted by atomic mass is 32.2. The summed E-state index contributed by atoms with van der Waals surface area (Å²) in [4.78, 5) is 14.5. The lowest BCUT2D eigenvalue weighted by Gasteiger charge is -2.31. The highest BCUT2D eigenvalue weighted by Crippen LogP contribution is 2.45. The van der Waals surface area contributed by atoms with E-state index in [9.17, 15) is 4.79 Å². The number of carbonyl (C=O) groups is 1. The number of thioether (sulfide) groups is 2. The number of hydrogen-bond donors (Lipinski definition) is 0. The predicted octanol–water partition coefficient (Wildman–Crippen LogP) is 4.04. The van der Waals surface area contributed by atoms with Crippen molar-refractivity contribution in [3.63, 3.8) is 0 Å². The minimum atomic E-state index is 0.204. The fourth-order valence-electron chi connectivity index (χ4n) is 2.89. The van der Waals surface area contributed by atoms with Gasteiger partial charge in [-0.15, -0.1) is 23.5 Å². The molecule has 2 fully saturated rings. The summed E-state index contributed by atoms with van der Waals surface area (Å²) in [7, 11) is 0. The second-order valence-electron chi connectivity index (χ2n) is 5.69. The molecule has 0 aliphatic carbocycles. The second kappa shape index (κ2) is 6.44. The van der Waals surface area contributed by atoms with Crippen molar-refractivity contribution in [1.82, 2.24) is 4.90 Å². The van der Waals surface area contributed by atoms with E-state index in [4.69, 9.17) is 0 Å². The smallest absolute Gasteiger partial charge is 0.253 e. The Labute approximate surface area is 129 Å². The molecule has 0 aromatic heterocycles. The summed E-state index contributed by atoms with van der Waals surface area (Å²) in [5, 5.41) is 0. The summed E-state index contributed by atoms with van der Waals surface area (Å²) >= 11 is 4.01. The topological polar surface area (TPSA) is 20.3 Å². The highest BCUT2D eigenvalue weighted by molar-refractivity contribution is 8.19. The third-order valence-corrected chi connectivity index (χ3v) is 7.10. The van der Waals surface area contributed by atoms with Gasteiger partial charge in [-0.2, -0.15) is 0 Å². The predicted molar refractivity (Wildman–Crippen MR) is 88.4 cm³/mol. The van der Waals surface area contributed by atoms with Gasteiger partial charge in [0.2, 0.25) is 0 Å². The van der Waals surface area contributed by atoms with Crippen LogP contribution in [0.25, 0.3) is 0 Å². The highest BCUT2D eigenvalue weighted by Gasteiger charge is 2.23. The van der Waals surface area contributed by atoms with Crippen LogP contribution < -0.4 is 0 Å². The first-order valence-electron chi connectivity index (χ1n) is 7.36. The van der Waals surface area contributed by atoms with Crippen molar-refractivity contribution in [3.8, 4) is 0 Å². The van der Waals surface area contributed by atoms with Crippen molar-refractivity contribution in [3.05, 3.63) is 35.4 Å². The van der Waals surface area contributed by atoms with Crippen molar-refractivity contribution in [2.45, 2.75) is 24.3 Å². The molecule has 1 amide bonds. The maximum Gasteiger partial charge on any atom is 0.253 e. The molecule has 0 radical (unpaired) electrons. The Bertz CT molecular complexity index is 468. The van der Waals surface area contributed by atoms with E-state index in [-0.39, 0.29) is 5.91 Å². The lowest BCUT2D eigenvalue weighted by atomic mass is 9.99. The molecule has 2 saturated heterocycles. The van der Waals surface area contributed by atoms with E-state index in [2.05, 4.69) is 19.1 Å². The van der Waals surface area contributed by atoms with Crippen LogP contribution in [0.15, 0.2) is 24.3 Å². The molecule has 0 bridgehead atoms. The van der Waals surface area contributed by atoms with Gasteiger partial charge in [0.15, 0.2) is 0 Å². The third-order valence-electron chi connectivity index (χ3n) is 4.00. The zero-order valence-corrected chi connectivity index (χ0v) is 13.5. The van der Waals surface area contributed by atoms with Gasteiger partial charge in [0.05, 0.1) is 4.58 Å². The molecule has 1 aromatic rings. The van der Waals surface area contributed by atoms with Crippen LogP contribution >= 0.6 is 23.5 Å². The lowest BCUT2D eigenvalue weighted by molar-refractivity contribution is 0.0683. The van der Waals surface area contributed by atoms with Crippen molar-refractivity contribution in [1.29, 1.82) is 0 Å². The SMILES string of the molecule is CC1CCCN(C(=O)c2ccc(C3SCCS3)cc2)C1. The molecule has 1 unspecified atom stereocenters. The number of piperidine rings is 1. The summed E-state index contributed by atoms with van der Waals surface area (Å²) in [5.41, 5.74) is 2.19. The van der Waals surface area contributed by atoms with E-state index in [0.717, 1.165) is 25.1 Å². The number of carbonyl (C=O) groups excluding carboxylic acids is 1. The van der Waals surface area contributed by atoms with Gasteiger partial charge in [-0.25, -0.2) is 0 Å². The molecule has 2 aliphatic heterocycles. The van der Waals surface area contributed by atoms with Gasteiger partial charge in [0.25, 0.3) is 5.91 Å². The van der Waals surface area contributed by atoms with E-state index >= 15 is 0 Å². The van der Waals surface area contributed by atoms with Crippen LogP contribution in [0.1, 0.15) is 40.3 Å². The van der Waals surface area contributed by atoms with Crippen LogP contribution in [0.5, 0.6) is 0 Å². The normalized spacial score (nSPS) is 24.1. The second-order valence-corrected chi connectivity index (χ2v) is 8.42. The Morgan fingerprint density at radius 2 is 1.90 bits per heavy atom. The van der Waals surface area contributed by atoms with Crippen LogP contribution in [0, 0.1) is 5.92 Å². The van der Waals surface area contributed by atoms with Crippen LogP contribution in [0.2, 0.25) is 0 Å². The standard InChI is InChI=1S/C16H21NOS2/c1-12-3-2-8-17(11-12)15(18)13-4-6-14(7-5-13)16-19-9-10-20-16/h4-7,12,16H,2-3,8-11H2,1H3. The van der Waals surface area contributed by atoms with Gasteiger partial charge in [0.1, 0.15) is 0 Å². The van der Waals surface area contributed by atoms with Gasteiger partial charge < -0.3 is 4.90 Å². The Balaban J connectivity index is 1.68. The van der Waals surface area contributed by atoms with E-state index in [1.54, 1.807) is 0 Å². The number of hydrogen-bond acceptors (Lipinski definition) is 3. The summed E-state index contributed by atoms with van der Waals surface area (Å²) in [6.07, 6.45) is 2.39. The third kappa shape index (κ3) is 3.17. The first-order valence-corrected chi connectivity index (χ1v) is 9.46. The molecule has 0 spiro atoms. The first-order chi connectivity index (χ1) is 9.74. The molecule has 0 N–H and O–H groups in total. The van der Waals surface area contributed by atoms with Crippen molar-refractivity contribution < 1.29 is 4.79 Å². The Morgan fingerprint density at radius 3 is 2.55 bits per heavy atom. The average Bonchev–Trinajstić information content (AvgIpc) is 3.01. The maximum atomic E-state index is 12.5. The number of amides is 1. The Kier molecular flexibility index (Phi) is 4.61. The van der Waals surface area contributed by atoms with E-state index in [1.807, 2.05) is 40.6 Å². The number of rotatable bonds is 2.